The van der Waals surface area contributed by atoms with Crippen molar-refractivity contribution in [1.29, 1.82) is 0 Å². The van der Waals surface area contributed by atoms with Gasteiger partial charge in [0.2, 0.25) is 0 Å². The fourth-order valence-electron chi connectivity index (χ4n) is 0.824. The van der Waals surface area contributed by atoms with Gasteiger partial charge in [0.25, 0.3) is 14.7 Å². The molecule has 0 bridgehead atoms. The summed E-state index contributed by atoms with van der Waals surface area (Å²) >= 11 is 5.94. The van der Waals surface area contributed by atoms with Gasteiger partial charge in [0.15, 0.2) is 0 Å². The van der Waals surface area contributed by atoms with Crippen molar-refractivity contribution in [2.75, 3.05) is 0 Å². The summed E-state index contributed by atoms with van der Waals surface area (Å²) < 4.78 is 22.4. The molecule has 0 fully saturated rings. The van der Waals surface area contributed by atoms with Crippen LogP contribution >= 0.6 is 42.5 Å². The molecule has 0 spiro atoms. The summed E-state index contributed by atoms with van der Waals surface area (Å²) in [7, 11) is 1.09. The second-order valence-corrected chi connectivity index (χ2v) is 6.65. The second kappa shape index (κ2) is 4.36. The average molecular weight is 379 g/mol. The molecule has 0 amide bonds. The second-order valence-electron chi connectivity index (χ2n) is 2.43. The van der Waals surface area contributed by atoms with Crippen LogP contribution in [0.5, 0.6) is 0 Å². The molecule has 0 unspecified atom stereocenters. The summed E-state index contributed by atoms with van der Waals surface area (Å²) in [6.45, 7) is 0. The third-order valence-electron chi connectivity index (χ3n) is 1.46. The lowest BCUT2D eigenvalue weighted by Crippen LogP contribution is -1.96. The van der Waals surface area contributed by atoms with Crippen LogP contribution in [-0.4, -0.2) is 13.3 Å². The van der Waals surface area contributed by atoms with Crippen LogP contribution in [0.4, 0.5) is 5.69 Å². The molecule has 1 aromatic rings. The van der Waals surface area contributed by atoms with Crippen molar-refractivity contribution >= 4 is 57.3 Å². The summed E-state index contributed by atoms with van der Waals surface area (Å²) in [4.78, 5) is 9.53. The summed E-state index contributed by atoms with van der Waals surface area (Å²) in [6.07, 6.45) is 0. The van der Waals surface area contributed by atoms with E-state index in [-0.39, 0.29) is 19.5 Å². The van der Waals surface area contributed by atoms with E-state index in [9.17, 15) is 18.5 Å². The van der Waals surface area contributed by atoms with Crippen LogP contribution in [0.2, 0.25) is 0 Å². The molecular formula is C6H2Br2ClNO4S. The fraction of sp³-hybridized carbons (Fsp3) is 0. The summed E-state index contributed by atoms with van der Waals surface area (Å²) in [5.74, 6) is 0. The van der Waals surface area contributed by atoms with Crippen molar-refractivity contribution in [3.05, 3.63) is 31.2 Å². The Balaban J connectivity index is 3.57. The van der Waals surface area contributed by atoms with Crippen molar-refractivity contribution in [3.8, 4) is 0 Å². The molecule has 15 heavy (non-hydrogen) atoms. The van der Waals surface area contributed by atoms with E-state index in [1.165, 1.54) is 6.07 Å². The molecule has 0 saturated heterocycles. The van der Waals surface area contributed by atoms with E-state index in [1.54, 1.807) is 0 Å². The predicted molar refractivity (Wildman–Crippen MR) is 61.5 cm³/mol. The molecule has 1 rings (SSSR count). The lowest BCUT2D eigenvalue weighted by atomic mass is 10.3. The quantitative estimate of drug-likeness (QED) is 0.450. The van der Waals surface area contributed by atoms with E-state index in [0.717, 1.165) is 6.07 Å². The molecular weight excluding hydrogens is 377 g/mol. The molecule has 0 N–H and O–H groups in total. The van der Waals surface area contributed by atoms with Gasteiger partial charge in [-0.05, 0) is 37.9 Å². The van der Waals surface area contributed by atoms with Crippen LogP contribution < -0.4 is 0 Å². The molecule has 0 aliphatic carbocycles. The molecule has 1 aromatic carbocycles. The number of nitro groups is 1. The Kier molecular flexibility index (Phi) is 3.75. The highest BCUT2D eigenvalue weighted by molar-refractivity contribution is 9.13. The van der Waals surface area contributed by atoms with Gasteiger partial charge in [0.05, 0.1) is 9.82 Å². The van der Waals surface area contributed by atoms with E-state index >= 15 is 0 Å². The Labute approximate surface area is 106 Å². The normalized spacial score (nSPS) is 11.4. The molecule has 0 radical (unpaired) electrons. The Morgan fingerprint density at radius 1 is 1.33 bits per heavy atom. The Hall–Kier alpha value is -0.180. The third-order valence-corrected chi connectivity index (χ3v) is 4.78. The molecule has 0 saturated carbocycles. The predicted octanol–water partition coefficient (Wildman–Crippen LogP) is 3.05. The van der Waals surface area contributed by atoms with Gasteiger partial charge in [-0.25, -0.2) is 8.42 Å². The number of nitro benzene ring substituents is 1. The van der Waals surface area contributed by atoms with Gasteiger partial charge in [0.1, 0.15) is 4.47 Å². The van der Waals surface area contributed by atoms with Crippen molar-refractivity contribution in [2.24, 2.45) is 0 Å². The fourth-order valence-corrected chi connectivity index (χ4v) is 2.58. The Morgan fingerprint density at radius 2 is 1.87 bits per heavy atom. The van der Waals surface area contributed by atoms with Crippen molar-refractivity contribution in [2.45, 2.75) is 4.90 Å². The number of halogens is 3. The third kappa shape index (κ3) is 2.90. The van der Waals surface area contributed by atoms with E-state index in [4.69, 9.17) is 10.7 Å². The van der Waals surface area contributed by atoms with Crippen LogP contribution in [0.15, 0.2) is 26.0 Å². The molecule has 0 aliphatic rings. The number of benzene rings is 1. The lowest BCUT2D eigenvalue weighted by molar-refractivity contribution is -0.385. The number of nitrogens with zero attached hydrogens (tertiary/aromatic N) is 1. The van der Waals surface area contributed by atoms with E-state index in [0.29, 0.717) is 0 Å². The summed E-state index contributed by atoms with van der Waals surface area (Å²) in [5.41, 5.74) is -0.372. The summed E-state index contributed by atoms with van der Waals surface area (Å²) in [6, 6.07) is 2.07. The SMILES string of the molecule is O=[N+]([O-])c1cc(S(=O)(=O)Cl)cc(Br)c1Br. The van der Waals surface area contributed by atoms with Gasteiger partial charge in [-0.15, -0.1) is 0 Å². The first kappa shape index (κ1) is 12.9. The van der Waals surface area contributed by atoms with Crippen molar-refractivity contribution < 1.29 is 13.3 Å². The number of hydrogen-bond acceptors (Lipinski definition) is 4. The first-order valence-corrected chi connectivity index (χ1v) is 7.21. The lowest BCUT2D eigenvalue weighted by Gasteiger charge is -2.01. The van der Waals surface area contributed by atoms with E-state index in [2.05, 4.69) is 31.9 Å². The zero-order valence-corrected chi connectivity index (χ0v) is 11.5. The highest BCUT2D eigenvalue weighted by atomic mass is 79.9. The van der Waals surface area contributed by atoms with Gasteiger partial charge in [-0.2, -0.15) is 0 Å². The molecule has 0 aliphatic heterocycles. The van der Waals surface area contributed by atoms with E-state index < -0.39 is 14.0 Å². The summed E-state index contributed by atoms with van der Waals surface area (Å²) in [5, 5.41) is 10.6. The molecule has 5 nitrogen and oxygen atoms in total. The first-order valence-electron chi connectivity index (χ1n) is 3.31. The van der Waals surface area contributed by atoms with Crippen molar-refractivity contribution in [3.63, 3.8) is 0 Å². The van der Waals surface area contributed by atoms with Gasteiger partial charge in [-0.3, -0.25) is 10.1 Å². The molecule has 0 atom stereocenters. The Morgan fingerprint density at radius 3 is 2.27 bits per heavy atom. The first-order chi connectivity index (χ1) is 6.73. The largest absolute Gasteiger partial charge is 0.286 e. The molecule has 9 heteroatoms. The van der Waals surface area contributed by atoms with Crippen molar-refractivity contribution in [1.82, 2.24) is 0 Å². The number of rotatable bonds is 2. The maximum atomic E-state index is 11.0. The Bertz CT molecular complexity index is 530. The van der Waals surface area contributed by atoms with Gasteiger partial charge < -0.3 is 0 Å². The van der Waals surface area contributed by atoms with Crippen LogP contribution in [-0.2, 0) is 9.05 Å². The zero-order chi connectivity index (χ0) is 11.8. The van der Waals surface area contributed by atoms with Crippen LogP contribution in [0, 0.1) is 10.1 Å². The number of hydrogen-bond donors (Lipinski definition) is 0. The van der Waals surface area contributed by atoms with E-state index in [1.807, 2.05) is 0 Å². The topological polar surface area (TPSA) is 77.3 Å². The van der Waals surface area contributed by atoms with Gasteiger partial charge in [-0.1, -0.05) is 0 Å². The minimum atomic E-state index is -3.98. The molecule has 0 aromatic heterocycles. The smallest absolute Gasteiger partial charge is 0.258 e. The standard InChI is InChI=1S/C6H2Br2ClNO4S/c7-4-1-3(15(9,13)14)2-5(6(4)8)10(11)12/h1-2H. The van der Waals surface area contributed by atoms with Crippen LogP contribution in [0.1, 0.15) is 0 Å². The monoisotopic (exact) mass is 377 g/mol. The zero-order valence-electron chi connectivity index (χ0n) is 6.78. The van der Waals surface area contributed by atoms with Gasteiger partial charge in [0, 0.05) is 21.2 Å². The maximum absolute atomic E-state index is 11.0. The highest BCUT2D eigenvalue weighted by Crippen LogP contribution is 2.35. The molecule has 0 heterocycles. The van der Waals surface area contributed by atoms with Crippen LogP contribution in [0.3, 0.4) is 0 Å². The molecule has 82 valence electrons. The highest BCUT2D eigenvalue weighted by Gasteiger charge is 2.21. The minimum Gasteiger partial charge on any atom is -0.258 e. The van der Waals surface area contributed by atoms with Crippen LogP contribution in [0.25, 0.3) is 0 Å². The van der Waals surface area contributed by atoms with Gasteiger partial charge >= 0.3 is 0 Å². The average Bonchev–Trinajstić information content (AvgIpc) is 2.06. The minimum absolute atomic E-state index is 0.163. The maximum Gasteiger partial charge on any atom is 0.286 e.